The van der Waals surface area contributed by atoms with Gasteiger partial charge in [0.15, 0.2) is 11.5 Å². The summed E-state index contributed by atoms with van der Waals surface area (Å²) < 4.78 is 10.4. The molecule has 0 aliphatic carbocycles. The first kappa shape index (κ1) is 17.5. The number of ether oxygens (including phenoxy) is 2. The number of hydrogen-bond donors (Lipinski definition) is 2. The van der Waals surface area contributed by atoms with Gasteiger partial charge in [-0.1, -0.05) is 6.07 Å². The van der Waals surface area contributed by atoms with Gasteiger partial charge >= 0.3 is 0 Å². The van der Waals surface area contributed by atoms with Crippen LogP contribution in [0.4, 0.5) is 0 Å². The molecular formula is C13H21ClN2O3. The van der Waals surface area contributed by atoms with Crippen LogP contribution in [0.1, 0.15) is 25.5 Å². The average Bonchev–Trinajstić information content (AvgIpc) is 2.37. The predicted molar refractivity (Wildman–Crippen MR) is 77.0 cm³/mol. The number of hydrogen-bond acceptors (Lipinski definition) is 4. The number of benzene rings is 1. The van der Waals surface area contributed by atoms with Crippen LogP contribution in [-0.2, 0) is 4.79 Å². The Hall–Kier alpha value is -1.46. The molecule has 0 bridgehead atoms. The molecule has 1 aromatic rings. The number of rotatable bonds is 5. The summed E-state index contributed by atoms with van der Waals surface area (Å²) in [6, 6.07) is 4.87. The molecule has 2 atom stereocenters. The van der Waals surface area contributed by atoms with E-state index in [1.54, 1.807) is 21.1 Å². The maximum Gasteiger partial charge on any atom is 0.237 e. The summed E-state index contributed by atoms with van der Waals surface area (Å²) in [5, 5.41) is 2.82. The molecule has 0 radical (unpaired) electrons. The molecule has 5 nitrogen and oxygen atoms in total. The minimum Gasteiger partial charge on any atom is -0.493 e. The number of nitrogens with two attached hydrogens (primary N) is 1. The van der Waals surface area contributed by atoms with Crippen LogP contribution >= 0.6 is 12.4 Å². The summed E-state index contributed by atoms with van der Waals surface area (Å²) in [5.41, 5.74) is 6.44. The molecule has 0 aliphatic heterocycles. The Labute approximate surface area is 119 Å². The van der Waals surface area contributed by atoms with Crippen molar-refractivity contribution in [1.29, 1.82) is 0 Å². The third-order valence-electron chi connectivity index (χ3n) is 2.68. The number of methoxy groups -OCH3 is 2. The van der Waals surface area contributed by atoms with E-state index in [0.29, 0.717) is 11.5 Å². The zero-order valence-electron chi connectivity index (χ0n) is 11.6. The van der Waals surface area contributed by atoms with Crippen molar-refractivity contribution in [1.82, 2.24) is 5.32 Å². The molecule has 1 aromatic carbocycles. The molecule has 3 N–H and O–H groups in total. The van der Waals surface area contributed by atoms with Crippen molar-refractivity contribution in [3.8, 4) is 11.5 Å². The van der Waals surface area contributed by atoms with Gasteiger partial charge in [-0.2, -0.15) is 0 Å². The SMILES string of the molecule is COc1ccc(C(C)NC(=O)[C@H](C)N)cc1OC.Cl. The normalized spacial score (nSPS) is 12.9. The van der Waals surface area contributed by atoms with E-state index in [4.69, 9.17) is 15.2 Å². The summed E-state index contributed by atoms with van der Waals surface area (Å²) in [7, 11) is 3.16. The quantitative estimate of drug-likeness (QED) is 0.864. The van der Waals surface area contributed by atoms with Crippen molar-refractivity contribution < 1.29 is 14.3 Å². The van der Waals surface area contributed by atoms with Crippen LogP contribution in [0.3, 0.4) is 0 Å². The Morgan fingerprint density at radius 1 is 1.21 bits per heavy atom. The van der Waals surface area contributed by atoms with Gasteiger partial charge in [0, 0.05) is 0 Å². The lowest BCUT2D eigenvalue weighted by Gasteiger charge is -2.17. The Morgan fingerprint density at radius 3 is 2.26 bits per heavy atom. The molecule has 0 fully saturated rings. The first-order valence-corrected chi connectivity index (χ1v) is 5.77. The first-order valence-electron chi connectivity index (χ1n) is 5.77. The highest BCUT2D eigenvalue weighted by Gasteiger charge is 2.14. The van der Waals surface area contributed by atoms with Crippen LogP contribution in [0.5, 0.6) is 11.5 Å². The largest absolute Gasteiger partial charge is 0.493 e. The molecule has 1 amide bonds. The monoisotopic (exact) mass is 288 g/mol. The fraction of sp³-hybridized carbons (Fsp3) is 0.462. The third kappa shape index (κ3) is 4.61. The second-order valence-corrected chi connectivity index (χ2v) is 4.13. The van der Waals surface area contributed by atoms with Crippen LogP contribution in [0.15, 0.2) is 18.2 Å². The molecule has 1 unspecified atom stereocenters. The topological polar surface area (TPSA) is 73.6 Å². The molecule has 0 heterocycles. The summed E-state index contributed by atoms with van der Waals surface area (Å²) in [5.74, 6) is 1.11. The highest BCUT2D eigenvalue weighted by molar-refractivity contribution is 5.85. The summed E-state index contributed by atoms with van der Waals surface area (Å²) >= 11 is 0. The molecular weight excluding hydrogens is 268 g/mol. The lowest BCUT2D eigenvalue weighted by atomic mass is 10.1. The van der Waals surface area contributed by atoms with Crippen molar-refractivity contribution >= 4 is 18.3 Å². The fourth-order valence-corrected chi connectivity index (χ4v) is 1.55. The lowest BCUT2D eigenvalue weighted by Crippen LogP contribution is -2.39. The zero-order valence-corrected chi connectivity index (χ0v) is 12.4. The fourth-order valence-electron chi connectivity index (χ4n) is 1.55. The van der Waals surface area contributed by atoms with Gasteiger partial charge in [-0.05, 0) is 31.5 Å². The van der Waals surface area contributed by atoms with Gasteiger partial charge in [-0.3, -0.25) is 4.79 Å². The molecule has 0 saturated heterocycles. The summed E-state index contributed by atoms with van der Waals surface area (Å²) in [6.07, 6.45) is 0. The van der Waals surface area contributed by atoms with Crippen molar-refractivity contribution in [2.45, 2.75) is 25.9 Å². The van der Waals surface area contributed by atoms with E-state index in [1.165, 1.54) is 0 Å². The van der Waals surface area contributed by atoms with Crippen LogP contribution in [0, 0.1) is 0 Å². The van der Waals surface area contributed by atoms with Gasteiger partial charge in [0.2, 0.25) is 5.91 Å². The van der Waals surface area contributed by atoms with E-state index in [-0.39, 0.29) is 24.4 Å². The molecule has 1 rings (SSSR count). The predicted octanol–water partition coefficient (Wildman–Crippen LogP) is 1.65. The van der Waals surface area contributed by atoms with Gasteiger partial charge in [0.05, 0.1) is 26.3 Å². The second kappa shape index (κ2) is 7.86. The lowest BCUT2D eigenvalue weighted by molar-refractivity contribution is -0.122. The Morgan fingerprint density at radius 2 is 1.79 bits per heavy atom. The number of amides is 1. The minimum atomic E-state index is -0.521. The van der Waals surface area contributed by atoms with E-state index in [0.717, 1.165) is 5.56 Å². The van der Waals surface area contributed by atoms with E-state index in [9.17, 15) is 4.79 Å². The first-order chi connectivity index (χ1) is 8.49. The number of halogens is 1. The molecule has 19 heavy (non-hydrogen) atoms. The molecule has 108 valence electrons. The molecule has 0 spiro atoms. The van der Waals surface area contributed by atoms with Gasteiger partial charge in [0.1, 0.15) is 0 Å². The van der Waals surface area contributed by atoms with Gasteiger partial charge < -0.3 is 20.5 Å². The number of carbonyl (C=O) groups is 1. The maximum atomic E-state index is 11.5. The smallest absolute Gasteiger partial charge is 0.237 e. The highest BCUT2D eigenvalue weighted by atomic mass is 35.5. The Kier molecular flexibility index (Phi) is 7.26. The van der Waals surface area contributed by atoms with Gasteiger partial charge in [-0.15, -0.1) is 12.4 Å². The van der Waals surface area contributed by atoms with Crippen LogP contribution in [0.2, 0.25) is 0 Å². The van der Waals surface area contributed by atoms with Crippen molar-refractivity contribution in [3.05, 3.63) is 23.8 Å². The molecule has 0 aromatic heterocycles. The van der Waals surface area contributed by atoms with Crippen molar-refractivity contribution in [2.75, 3.05) is 14.2 Å². The zero-order chi connectivity index (χ0) is 13.7. The van der Waals surface area contributed by atoms with Gasteiger partial charge in [0.25, 0.3) is 0 Å². The van der Waals surface area contributed by atoms with E-state index in [1.807, 2.05) is 25.1 Å². The highest BCUT2D eigenvalue weighted by Crippen LogP contribution is 2.29. The molecule has 0 aliphatic rings. The molecule has 0 saturated carbocycles. The van der Waals surface area contributed by atoms with E-state index < -0.39 is 6.04 Å². The number of carbonyl (C=O) groups excluding carboxylic acids is 1. The Bertz CT molecular complexity index is 424. The second-order valence-electron chi connectivity index (χ2n) is 4.13. The number of nitrogens with one attached hydrogen (secondary N) is 1. The van der Waals surface area contributed by atoms with Gasteiger partial charge in [-0.25, -0.2) is 0 Å². The van der Waals surface area contributed by atoms with E-state index >= 15 is 0 Å². The molecule has 6 heteroatoms. The van der Waals surface area contributed by atoms with Crippen LogP contribution < -0.4 is 20.5 Å². The Balaban J connectivity index is 0.00000324. The van der Waals surface area contributed by atoms with Crippen molar-refractivity contribution in [3.63, 3.8) is 0 Å². The average molecular weight is 289 g/mol. The van der Waals surface area contributed by atoms with E-state index in [2.05, 4.69) is 5.32 Å². The standard InChI is InChI=1S/C13H20N2O3.ClH/c1-8(14)13(16)15-9(2)10-5-6-11(17-3)12(7-10)18-4;/h5-9H,14H2,1-4H3,(H,15,16);1H/t8-,9?;/m0./s1. The van der Waals surface area contributed by atoms with Crippen molar-refractivity contribution in [2.24, 2.45) is 5.73 Å². The van der Waals surface area contributed by atoms with Crippen LogP contribution in [-0.4, -0.2) is 26.2 Å². The summed E-state index contributed by atoms with van der Waals surface area (Å²) in [4.78, 5) is 11.5. The van der Waals surface area contributed by atoms with Crippen LogP contribution in [0.25, 0.3) is 0 Å². The maximum absolute atomic E-state index is 11.5. The summed E-state index contributed by atoms with van der Waals surface area (Å²) in [6.45, 7) is 3.54. The third-order valence-corrected chi connectivity index (χ3v) is 2.68. The minimum absolute atomic E-state index is 0.